The largest absolute Gasteiger partial charge is 0.493 e. The van der Waals surface area contributed by atoms with Gasteiger partial charge in [0.05, 0.1) is 21.3 Å². The van der Waals surface area contributed by atoms with Crippen molar-refractivity contribution in [2.24, 2.45) is 0 Å². The number of aliphatic hydroxyl groups is 1. The smallest absolute Gasteiger partial charge is 0.203 e. The number of hydrogen-bond donors (Lipinski definition) is 2. The van der Waals surface area contributed by atoms with Crippen LogP contribution in [-0.2, 0) is 0 Å². The van der Waals surface area contributed by atoms with E-state index in [0.717, 1.165) is 10.6 Å². The SMILES string of the molecule is COc1cc(NCC(O)c2cccs2)cc(OC)c1OC. The quantitative estimate of drug-likeness (QED) is 0.823. The van der Waals surface area contributed by atoms with E-state index < -0.39 is 6.10 Å². The van der Waals surface area contributed by atoms with Crippen LogP contribution in [0.15, 0.2) is 29.6 Å². The zero-order valence-electron chi connectivity index (χ0n) is 12.3. The molecule has 6 heteroatoms. The van der Waals surface area contributed by atoms with E-state index in [1.54, 1.807) is 21.3 Å². The molecule has 0 aliphatic rings. The summed E-state index contributed by atoms with van der Waals surface area (Å²) in [6.45, 7) is 0.402. The van der Waals surface area contributed by atoms with Gasteiger partial charge in [0.1, 0.15) is 6.10 Å². The molecule has 1 heterocycles. The molecular weight excluding hydrogens is 290 g/mol. The third-order valence-electron chi connectivity index (χ3n) is 3.04. The maximum Gasteiger partial charge on any atom is 0.203 e. The Kier molecular flexibility index (Phi) is 5.30. The minimum Gasteiger partial charge on any atom is -0.493 e. The first-order chi connectivity index (χ1) is 10.2. The van der Waals surface area contributed by atoms with Gasteiger partial charge in [0.15, 0.2) is 11.5 Å². The molecule has 0 amide bonds. The molecule has 0 bridgehead atoms. The highest BCUT2D eigenvalue weighted by Crippen LogP contribution is 2.40. The monoisotopic (exact) mass is 309 g/mol. The number of hydrogen-bond acceptors (Lipinski definition) is 6. The first kappa shape index (κ1) is 15.5. The van der Waals surface area contributed by atoms with Crippen LogP contribution < -0.4 is 19.5 Å². The number of aliphatic hydroxyl groups excluding tert-OH is 1. The normalized spacial score (nSPS) is 11.8. The first-order valence-electron chi connectivity index (χ1n) is 6.45. The maximum absolute atomic E-state index is 10.1. The van der Waals surface area contributed by atoms with Crippen LogP contribution in [0.25, 0.3) is 0 Å². The van der Waals surface area contributed by atoms with E-state index in [1.807, 2.05) is 29.6 Å². The van der Waals surface area contributed by atoms with Crippen molar-refractivity contribution in [3.05, 3.63) is 34.5 Å². The highest BCUT2D eigenvalue weighted by Gasteiger charge is 2.14. The van der Waals surface area contributed by atoms with Gasteiger partial charge in [-0.2, -0.15) is 0 Å². The Hall–Kier alpha value is -1.92. The average Bonchev–Trinajstić information content (AvgIpc) is 3.05. The minimum atomic E-state index is -0.552. The highest BCUT2D eigenvalue weighted by atomic mass is 32.1. The lowest BCUT2D eigenvalue weighted by Crippen LogP contribution is -2.11. The van der Waals surface area contributed by atoms with Crippen molar-refractivity contribution in [2.75, 3.05) is 33.2 Å². The molecule has 0 radical (unpaired) electrons. The summed E-state index contributed by atoms with van der Waals surface area (Å²) in [5.41, 5.74) is 0.792. The van der Waals surface area contributed by atoms with Crippen LogP contribution in [0.4, 0.5) is 5.69 Å². The van der Waals surface area contributed by atoms with Crippen LogP contribution in [-0.4, -0.2) is 33.0 Å². The van der Waals surface area contributed by atoms with E-state index in [0.29, 0.717) is 23.8 Å². The van der Waals surface area contributed by atoms with E-state index in [9.17, 15) is 5.11 Å². The fraction of sp³-hybridized carbons (Fsp3) is 0.333. The van der Waals surface area contributed by atoms with Crippen molar-refractivity contribution in [2.45, 2.75) is 6.10 Å². The van der Waals surface area contributed by atoms with E-state index in [2.05, 4.69) is 5.32 Å². The summed E-state index contributed by atoms with van der Waals surface area (Å²) >= 11 is 1.53. The average molecular weight is 309 g/mol. The van der Waals surface area contributed by atoms with Crippen LogP contribution >= 0.6 is 11.3 Å². The first-order valence-corrected chi connectivity index (χ1v) is 7.33. The summed E-state index contributed by atoms with van der Waals surface area (Å²) in [6, 6.07) is 7.44. The molecule has 0 saturated heterocycles. The van der Waals surface area contributed by atoms with Crippen LogP contribution in [0.2, 0.25) is 0 Å². The van der Waals surface area contributed by atoms with Gasteiger partial charge in [-0.3, -0.25) is 0 Å². The number of rotatable bonds is 7. The molecule has 5 nitrogen and oxygen atoms in total. The number of benzene rings is 1. The Morgan fingerprint density at radius 3 is 2.29 bits per heavy atom. The number of nitrogens with one attached hydrogen (secondary N) is 1. The van der Waals surface area contributed by atoms with E-state index in [4.69, 9.17) is 14.2 Å². The molecule has 2 rings (SSSR count). The lowest BCUT2D eigenvalue weighted by molar-refractivity contribution is 0.195. The summed E-state index contributed by atoms with van der Waals surface area (Å²) in [4.78, 5) is 0.926. The second kappa shape index (κ2) is 7.19. The molecule has 2 aromatic rings. The molecule has 0 spiro atoms. The van der Waals surface area contributed by atoms with Crippen LogP contribution in [0.1, 0.15) is 11.0 Å². The van der Waals surface area contributed by atoms with Crippen LogP contribution in [0, 0.1) is 0 Å². The van der Waals surface area contributed by atoms with Crippen LogP contribution in [0.5, 0.6) is 17.2 Å². The summed E-state index contributed by atoms with van der Waals surface area (Å²) in [6.07, 6.45) is -0.552. The Labute approximate surface area is 128 Å². The molecule has 0 saturated carbocycles. The van der Waals surface area contributed by atoms with Crippen molar-refractivity contribution in [1.82, 2.24) is 0 Å². The molecule has 0 aliphatic carbocycles. The number of ether oxygens (including phenoxy) is 3. The third kappa shape index (κ3) is 3.59. The van der Waals surface area contributed by atoms with Crippen molar-refractivity contribution < 1.29 is 19.3 Å². The summed E-state index contributed by atoms with van der Waals surface area (Å²) in [5.74, 6) is 1.69. The molecule has 1 unspecified atom stereocenters. The molecule has 114 valence electrons. The fourth-order valence-electron chi connectivity index (χ4n) is 1.98. The Morgan fingerprint density at radius 2 is 1.81 bits per heavy atom. The predicted molar refractivity (Wildman–Crippen MR) is 83.9 cm³/mol. The summed E-state index contributed by atoms with van der Waals surface area (Å²) in [7, 11) is 4.71. The molecule has 1 aromatic heterocycles. The topological polar surface area (TPSA) is 60.0 Å². The van der Waals surface area contributed by atoms with Gasteiger partial charge in [-0.15, -0.1) is 11.3 Å². The lowest BCUT2D eigenvalue weighted by atomic mass is 10.2. The molecule has 1 atom stereocenters. The van der Waals surface area contributed by atoms with Gasteiger partial charge in [-0.25, -0.2) is 0 Å². The predicted octanol–water partition coefficient (Wildman–Crippen LogP) is 2.92. The Bertz CT molecular complexity index is 546. The molecule has 0 fully saturated rings. The number of methoxy groups -OCH3 is 3. The molecule has 2 N–H and O–H groups in total. The number of anilines is 1. The van der Waals surface area contributed by atoms with Crippen molar-refractivity contribution in [3.63, 3.8) is 0 Å². The van der Waals surface area contributed by atoms with E-state index in [1.165, 1.54) is 11.3 Å². The van der Waals surface area contributed by atoms with Crippen molar-refractivity contribution in [1.29, 1.82) is 0 Å². The van der Waals surface area contributed by atoms with Gasteiger partial charge in [0.25, 0.3) is 0 Å². The van der Waals surface area contributed by atoms with Gasteiger partial charge in [-0.05, 0) is 11.4 Å². The van der Waals surface area contributed by atoms with E-state index in [-0.39, 0.29) is 0 Å². The van der Waals surface area contributed by atoms with E-state index >= 15 is 0 Å². The molecule has 21 heavy (non-hydrogen) atoms. The zero-order valence-corrected chi connectivity index (χ0v) is 13.1. The Morgan fingerprint density at radius 1 is 1.14 bits per heavy atom. The molecule has 1 aromatic carbocycles. The second-order valence-electron chi connectivity index (χ2n) is 4.33. The van der Waals surface area contributed by atoms with Gasteiger partial charge in [0.2, 0.25) is 5.75 Å². The highest BCUT2D eigenvalue weighted by molar-refractivity contribution is 7.10. The third-order valence-corrected chi connectivity index (χ3v) is 4.01. The van der Waals surface area contributed by atoms with Crippen LogP contribution in [0.3, 0.4) is 0 Å². The van der Waals surface area contributed by atoms with Gasteiger partial charge >= 0.3 is 0 Å². The maximum atomic E-state index is 10.1. The standard InChI is InChI=1S/C15H19NO4S/c1-18-12-7-10(8-13(19-2)15(12)20-3)16-9-11(17)14-5-4-6-21-14/h4-8,11,16-17H,9H2,1-3H3. The summed E-state index contributed by atoms with van der Waals surface area (Å²) in [5, 5.41) is 15.2. The molecule has 0 aliphatic heterocycles. The van der Waals surface area contributed by atoms with Crippen molar-refractivity contribution in [3.8, 4) is 17.2 Å². The Balaban J connectivity index is 2.13. The minimum absolute atomic E-state index is 0.402. The summed E-state index contributed by atoms with van der Waals surface area (Å²) < 4.78 is 15.9. The number of thiophene rings is 1. The van der Waals surface area contributed by atoms with Gasteiger partial charge in [0, 0.05) is 29.2 Å². The zero-order chi connectivity index (χ0) is 15.2. The molecular formula is C15H19NO4S. The lowest BCUT2D eigenvalue weighted by Gasteiger charge is -2.16. The second-order valence-corrected chi connectivity index (χ2v) is 5.31. The van der Waals surface area contributed by atoms with Gasteiger partial charge < -0.3 is 24.6 Å². The fourth-order valence-corrected chi connectivity index (χ4v) is 2.69. The van der Waals surface area contributed by atoms with Gasteiger partial charge in [-0.1, -0.05) is 6.07 Å². The van der Waals surface area contributed by atoms with Crippen molar-refractivity contribution >= 4 is 17.0 Å².